The van der Waals surface area contributed by atoms with Crippen LogP contribution < -0.4 is 24.8 Å². The van der Waals surface area contributed by atoms with Crippen LogP contribution in [0.1, 0.15) is 77.0 Å². The molecule has 2 saturated carbocycles. The topological polar surface area (TPSA) is 156 Å². The highest BCUT2D eigenvalue weighted by Crippen LogP contribution is 2.40. The van der Waals surface area contributed by atoms with E-state index in [9.17, 15) is 22.8 Å². The Balaban J connectivity index is 1.19. The molecule has 5 atom stereocenters. The van der Waals surface area contributed by atoms with Crippen LogP contribution >= 0.6 is 11.3 Å². The first-order chi connectivity index (χ1) is 24.1. The maximum Gasteiger partial charge on any atom is 0.274 e. The molecule has 7 rings (SSSR count). The molecule has 4 aliphatic rings. The number of thiazole rings is 1. The third kappa shape index (κ3) is 7.56. The highest BCUT2D eigenvalue weighted by molar-refractivity contribution is 7.91. The van der Waals surface area contributed by atoms with Crippen molar-refractivity contribution in [2.45, 2.75) is 106 Å². The standard InChI is InChI=1S/C36H45N5O7S2/c1-47-25-11-8-10-24(19-25)37-29-13-5-3-2-4-9-23-17-18-36(21-23,34(44)40-50(45,46)27-15-16-27)39-32(42)30-20-26(22-41(30)33(29)43)48-35-38-28-12-6-7-14-31(28)49-35/h6-8,10-12,14,19,23,26-27,29-30,37H,2-5,9,13,15-18,20-22H2,1H3,(H,39,42)(H,40,44)/t23?,26-,29+,30+,36-/m1/s1. The van der Waals surface area contributed by atoms with Crippen LogP contribution in [0, 0.1) is 5.92 Å². The molecule has 50 heavy (non-hydrogen) atoms. The molecule has 2 aliphatic heterocycles. The second-order valence-electron chi connectivity index (χ2n) is 14.2. The van der Waals surface area contributed by atoms with Crippen molar-refractivity contribution in [2.75, 3.05) is 19.0 Å². The molecule has 14 heteroatoms. The number of methoxy groups -OCH3 is 1. The molecule has 2 aromatic carbocycles. The quantitative estimate of drug-likeness (QED) is 0.299. The summed E-state index contributed by atoms with van der Waals surface area (Å²) in [6.45, 7) is 0.154. The first-order valence-electron chi connectivity index (χ1n) is 17.7. The molecule has 2 aliphatic carbocycles. The number of fused-ring (bicyclic) bond motifs is 4. The molecule has 1 unspecified atom stereocenters. The normalized spacial score (nSPS) is 27.9. The highest BCUT2D eigenvalue weighted by atomic mass is 32.2. The summed E-state index contributed by atoms with van der Waals surface area (Å²) in [6.07, 6.45) is 7.25. The van der Waals surface area contributed by atoms with E-state index in [0.717, 1.165) is 48.0 Å². The van der Waals surface area contributed by atoms with Gasteiger partial charge < -0.3 is 25.0 Å². The second kappa shape index (κ2) is 14.4. The van der Waals surface area contributed by atoms with E-state index in [-0.39, 0.29) is 24.8 Å². The molecule has 3 aromatic rings. The summed E-state index contributed by atoms with van der Waals surface area (Å²) in [4.78, 5) is 49.1. The Morgan fingerprint density at radius 1 is 1.02 bits per heavy atom. The van der Waals surface area contributed by atoms with Gasteiger partial charge in [0.15, 0.2) is 0 Å². The number of benzene rings is 2. The molecule has 2 bridgehead atoms. The van der Waals surface area contributed by atoms with E-state index in [1.807, 2.05) is 48.5 Å². The Kier molecular flexibility index (Phi) is 9.93. The Hall–Kier alpha value is -3.91. The van der Waals surface area contributed by atoms with Crippen molar-refractivity contribution in [2.24, 2.45) is 5.92 Å². The maximum absolute atomic E-state index is 14.6. The van der Waals surface area contributed by atoms with Gasteiger partial charge in [0.25, 0.3) is 11.1 Å². The van der Waals surface area contributed by atoms with Crippen molar-refractivity contribution in [1.29, 1.82) is 0 Å². The molecule has 0 radical (unpaired) electrons. The van der Waals surface area contributed by atoms with E-state index in [0.29, 0.717) is 49.5 Å². The molecule has 0 spiro atoms. The third-order valence-corrected chi connectivity index (χ3v) is 13.3. The summed E-state index contributed by atoms with van der Waals surface area (Å²) in [5.74, 6) is -0.570. The molecule has 3 heterocycles. The first kappa shape index (κ1) is 34.5. The lowest BCUT2D eigenvalue weighted by atomic mass is 9.92. The molecule has 3 amide bonds. The van der Waals surface area contributed by atoms with Crippen LogP contribution in [0.15, 0.2) is 48.5 Å². The zero-order valence-electron chi connectivity index (χ0n) is 28.3. The van der Waals surface area contributed by atoms with E-state index in [1.54, 1.807) is 12.0 Å². The summed E-state index contributed by atoms with van der Waals surface area (Å²) < 4.78 is 40.9. The Bertz CT molecular complexity index is 1810. The smallest absolute Gasteiger partial charge is 0.274 e. The van der Waals surface area contributed by atoms with Gasteiger partial charge in [-0.1, -0.05) is 61.6 Å². The number of carbonyl (C=O) groups is 3. The minimum absolute atomic E-state index is 0.154. The molecule has 1 aromatic heterocycles. The van der Waals surface area contributed by atoms with Crippen molar-refractivity contribution in [1.82, 2.24) is 19.9 Å². The summed E-state index contributed by atoms with van der Waals surface area (Å²) in [5.41, 5.74) is 0.150. The number of nitrogens with zero attached hydrogens (tertiary/aromatic N) is 2. The van der Waals surface area contributed by atoms with Crippen LogP contribution in [0.2, 0.25) is 0 Å². The van der Waals surface area contributed by atoms with Gasteiger partial charge in [-0.15, -0.1) is 0 Å². The van der Waals surface area contributed by atoms with Crippen molar-refractivity contribution < 1.29 is 32.3 Å². The van der Waals surface area contributed by atoms with Gasteiger partial charge in [-0.05, 0) is 68.7 Å². The number of ether oxygens (including phenoxy) is 2. The number of hydrogen-bond acceptors (Lipinski definition) is 10. The SMILES string of the molecule is COc1cccc(N[C@H]2CCCCCCC3CC[C@](C(=O)NS(=O)(=O)C4CC4)(C3)NC(=O)[C@@H]3C[C@@H](Oc4nc5ccccc5s4)CN3C2=O)c1. The fourth-order valence-electron chi connectivity index (χ4n) is 7.70. The number of anilines is 1. The van der Waals surface area contributed by atoms with E-state index in [4.69, 9.17) is 9.47 Å². The summed E-state index contributed by atoms with van der Waals surface area (Å²) in [6, 6.07) is 13.6. The number of rotatable bonds is 8. The zero-order chi connectivity index (χ0) is 34.9. The fourth-order valence-corrected chi connectivity index (χ4v) is 9.96. The van der Waals surface area contributed by atoms with Gasteiger partial charge in [0.1, 0.15) is 29.5 Å². The van der Waals surface area contributed by atoms with Gasteiger partial charge in [0.05, 0.1) is 29.1 Å². The Morgan fingerprint density at radius 3 is 2.60 bits per heavy atom. The molecular weight excluding hydrogens is 679 g/mol. The van der Waals surface area contributed by atoms with Crippen LogP contribution in [0.4, 0.5) is 5.69 Å². The predicted octanol–water partition coefficient (Wildman–Crippen LogP) is 4.75. The van der Waals surface area contributed by atoms with Crippen molar-refractivity contribution in [3.8, 4) is 10.9 Å². The minimum Gasteiger partial charge on any atom is -0.497 e. The number of amides is 3. The van der Waals surface area contributed by atoms with Crippen LogP contribution in [-0.2, 0) is 24.4 Å². The molecule has 2 saturated heterocycles. The summed E-state index contributed by atoms with van der Waals surface area (Å²) >= 11 is 1.41. The molecule has 3 N–H and O–H groups in total. The lowest BCUT2D eigenvalue weighted by molar-refractivity contribution is -0.141. The van der Waals surface area contributed by atoms with Crippen molar-refractivity contribution in [3.63, 3.8) is 0 Å². The number of para-hydroxylation sites is 1. The maximum atomic E-state index is 14.6. The highest BCUT2D eigenvalue weighted by Gasteiger charge is 2.51. The van der Waals surface area contributed by atoms with E-state index >= 15 is 0 Å². The predicted molar refractivity (Wildman–Crippen MR) is 191 cm³/mol. The van der Waals surface area contributed by atoms with Gasteiger partial charge >= 0.3 is 0 Å². The number of sulfonamides is 1. The van der Waals surface area contributed by atoms with Gasteiger partial charge in [-0.25, -0.2) is 13.4 Å². The zero-order valence-corrected chi connectivity index (χ0v) is 29.9. The van der Waals surface area contributed by atoms with Crippen molar-refractivity contribution >= 4 is 55.0 Å². The second-order valence-corrected chi connectivity index (χ2v) is 17.2. The monoisotopic (exact) mass is 723 g/mol. The van der Waals surface area contributed by atoms with E-state index in [1.165, 1.54) is 11.3 Å². The van der Waals surface area contributed by atoms with Gasteiger partial charge in [-0.3, -0.25) is 19.1 Å². The van der Waals surface area contributed by atoms with Crippen LogP contribution in [0.5, 0.6) is 10.9 Å². The minimum atomic E-state index is -3.83. The van der Waals surface area contributed by atoms with E-state index < -0.39 is 50.8 Å². The molecule has 268 valence electrons. The first-order valence-corrected chi connectivity index (χ1v) is 20.1. The lowest BCUT2D eigenvalue weighted by Gasteiger charge is -2.33. The van der Waals surface area contributed by atoms with Crippen LogP contribution in [0.25, 0.3) is 10.2 Å². The Morgan fingerprint density at radius 2 is 1.82 bits per heavy atom. The number of hydrogen-bond donors (Lipinski definition) is 3. The van der Waals surface area contributed by atoms with Gasteiger partial charge in [-0.2, -0.15) is 0 Å². The fraction of sp³-hybridized carbons (Fsp3) is 0.556. The van der Waals surface area contributed by atoms with Crippen LogP contribution in [-0.4, -0.2) is 78.7 Å². The average Bonchev–Trinajstić information content (AvgIpc) is 3.59. The van der Waals surface area contributed by atoms with Gasteiger partial charge in [0.2, 0.25) is 21.8 Å². The number of nitrogens with one attached hydrogen (secondary N) is 3. The average molecular weight is 724 g/mol. The Labute approximate surface area is 296 Å². The van der Waals surface area contributed by atoms with Crippen LogP contribution in [0.3, 0.4) is 0 Å². The number of carbonyl (C=O) groups excluding carboxylic acids is 3. The summed E-state index contributed by atoms with van der Waals surface area (Å²) in [7, 11) is -2.24. The lowest BCUT2D eigenvalue weighted by Crippen LogP contribution is -2.62. The van der Waals surface area contributed by atoms with Gasteiger partial charge in [0, 0.05) is 18.2 Å². The molecule has 4 fully saturated rings. The summed E-state index contributed by atoms with van der Waals surface area (Å²) in [5, 5.41) is 6.34. The van der Waals surface area contributed by atoms with Crippen molar-refractivity contribution in [3.05, 3.63) is 48.5 Å². The molecule has 12 nitrogen and oxygen atoms in total. The van der Waals surface area contributed by atoms with E-state index in [2.05, 4.69) is 20.3 Å². The number of aromatic nitrogens is 1. The third-order valence-electron chi connectivity index (χ3n) is 10.6. The molecular formula is C36H45N5O7S2. The largest absolute Gasteiger partial charge is 0.497 e.